The van der Waals surface area contributed by atoms with Gasteiger partial charge in [-0.05, 0) is 18.2 Å². The summed E-state index contributed by atoms with van der Waals surface area (Å²) in [4.78, 5) is 2.42. The third kappa shape index (κ3) is 6.36. The van der Waals surface area contributed by atoms with Crippen molar-refractivity contribution in [2.75, 3.05) is 39.1 Å². The zero-order valence-electron chi connectivity index (χ0n) is 9.12. The number of nitrogens with zero attached hydrogens (tertiary/aromatic N) is 1. The van der Waals surface area contributed by atoms with Crippen LogP contribution in [0, 0.1) is 5.92 Å². The molecule has 3 heteroatoms. The Kier molecular flexibility index (Phi) is 9.03. The van der Waals surface area contributed by atoms with Crippen molar-refractivity contribution in [3.63, 3.8) is 0 Å². The molecule has 0 aliphatic heterocycles. The maximum Gasteiger partial charge on any atom is 0.0589 e. The van der Waals surface area contributed by atoms with Gasteiger partial charge in [0, 0.05) is 20.2 Å². The summed E-state index contributed by atoms with van der Waals surface area (Å²) in [5, 5.41) is 0. The maximum atomic E-state index is 5.06. The van der Waals surface area contributed by atoms with E-state index in [1.807, 2.05) is 0 Å². The van der Waals surface area contributed by atoms with Gasteiger partial charge in [0.2, 0.25) is 0 Å². The van der Waals surface area contributed by atoms with E-state index in [0.29, 0.717) is 0 Å². The van der Waals surface area contributed by atoms with Crippen LogP contribution >= 0.6 is 12.6 Å². The van der Waals surface area contributed by atoms with Crippen LogP contribution in [0.3, 0.4) is 0 Å². The lowest BCUT2D eigenvalue weighted by Crippen LogP contribution is -2.32. The molecular weight excluding hydrogens is 182 g/mol. The van der Waals surface area contributed by atoms with Crippen LogP contribution < -0.4 is 0 Å². The molecule has 0 N–H and O–H groups in total. The number of likely N-dealkylation sites (N-methyl/N-ethyl adjacent to an activating group) is 1. The summed E-state index contributed by atoms with van der Waals surface area (Å²) in [6.07, 6.45) is 1.22. The molecule has 1 atom stereocenters. The van der Waals surface area contributed by atoms with E-state index in [-0.39, 0.29) is 0 Å². The summed E-state index contributed by atoms with van der Waals surface area (Å²) in [5.74, 6) is 1.71. The van der Waals surface area contributed by atoms with Gasteiger partial charge in [0.25, 0.3) is 0 Å². The molecule has 2 nitrogen and oxygen atoms in total. The van der Waals surface area contributed by atoms with Gasteiger partial charge in [0.15, 0.2) is 0 Å². The molecule has 0 aromatic rings. The van der Waals surface area contributed by atoms with Crippen molar-refractivity contribution in [2.45, 2.75) is 20.3 Å². The zero-order chi connectivity index (χ0) is 10.1. The molecule has 0 saturated heterocycles. The van der Waals surface area contributed by atoms with E-state index in [1.54, 1.807) is 7.11 Å². The lowest BCUT2D eigenvalue weighted by molar-refractivity contribution is 0.142. The quantitative estimate of drug-likeness (QED) is 0.608. The van der Waals surface area contributed by atoms with Crippen LogP contribution in [0.2, 0.25) is 0 Å². The fourth-order valence-corrected chi connectivity index (χ4v) is 1.65. The van der Waals surface area contributed by atoms with Gasteiger partial charge in [-0.1, -0.05) is 20.3 Å². The van der Waals surface area contributed by atoms with Gasteiger partial charge >= 0.3 is 0 Å². The van der Waals surface area contributed by atoms with Gasteiger partial charge in [-0.15, -0.1) is 0 Å². The van der Waals surface area contributed by atoms with Crippen molar-refractivity contribution in [1.29, 1.82) is 0 Å². The smallest absolute Gasteiger partial charge is 0.0589 e. The summed E-state index contributed by atoms with van der Waals surface area (Å²) in [7, 11) is 1.75. The number of hydrogen-bond donors (Lipinski definition) is 1. The molecule has 0 spiro atoms. The van der Waals surface area contributed by atoms with Crippen LogP contribution in [0.25, 0.3) is 0 Å². The van der Waals surface area contributed by atoms with Crippen molar-refractivity contribution < 1.29 is 4.74 Å². The molecule has 0 heterocycles. The molecule has 0 rings (SSSR count). The molecule has 0 fully saturated rings. The number of ether oxygens (including phenoxy) is 1. The molecule has 0 bridgehead atoms. The predicted molar refractivity (Wildman–Crippen MR) is 61.6 cm³/mol. The molecule has 80 valence electrons. The Labute approximate surface area is 88.1 Å². The van der Waals surface area contributed by atoms with Gasteiger partial charge in [-0.3, -0.25) is 0 Å². The highest BCUT2D eigenvalue weighted by Crippen LogP contribution is 2.07. The first-order chi connectivity index (χ1) is 6.28. The third-order valence-corrected chi connectivity index (χ3v) is 2.93. The predicted octanol–water partition coefficient (Wildman–Crippen LogP) is 1.91. The van der Waals surface area contributed by atoms with E-state index >= 15 is 0 Å². The van der Waals surface area contributed by atoms with E-state index in [0.717, 1.165) is 37.9 Å². The largest absolute Gasteiger partial charge is 0.383 e. The summed E-state index contributed by atoms with van der Waals surface area (Å²) in [6, 6.07) is 0. The van der Waals surface area contributed by atoms with Gasteiger partial charge in [-0.2, -0.15) is 12.6 Å². The van der Waals surface area contributed by atoms with Crippen molar-refractivity contribution in [3.05, 3.63) is 0 Å². The molecule has 0 amide bonds. The fraction of sp³-hybridized carbons (Fsp3) is 1.00. The molecule has 0 saturated carbocycles. The summed E-state index contributed by atoms with van der Waals surface area (Å²) >= 11 is 4.34. The Morgan fingerprint density at radius 1 is 1.38 bits per heavy atom. The van der Waals surface area contributed by atoms with Crippen LogP contribution in [0.4, 0.5) is 0 Å². The first kappa shape index (κ1) is 13.3. The van der Waals surface area contributed by atoms with Gasteiger partial charge in [0.1, 0.15) is 0 Å². The van der Waals surface area contributed by atoms with Gasteiger partial charge < -0.3 is 9.64 Å². The van der Waals surface area contributed by atoms with E-state index in [4.69, 9.17) is 4.74 Å². The average molecular weight is 205 g/mol. The lowest BCUT2D eigenvalue weighted by atomic mass is 10.1. The second kappa shape index (κ2) is 8.85. The lowest BCUT2D eigenvalue weighted by Gasteiger charge is -2.24. The normalized spacial score (nSPS) is 13.6. The molecule has 0 radical (unpaired) electrons. The Morgan fingerprint density at radius 2 is 2.08 bits per heavy atom. The Bertz CT molecular complexity index is 107. The van der Waals surface area contributed by atoms with Crippen LogP contribution in [0.1, 0.15) is 20.3 Å². The Balaban J connectivity index is 3.67. The highest BCUT2D eigenvalue weighted by Gasteiger charge is 2.09. The molecule has 0 aromatic carbocycles. The highest BCUT2D eigenvalue weighted by atomic mass is 32.1. The minimum Gasteiger partial charge on any atom is -0.383 e. The summed E-state index contributed by atoms with van der Waals surface area (Å²) in [5.41, 5.74) is 0. The Hall–Kier alpha value is 0.270. The molecule has 0 aliphatic rings. The standard InChI is InChI=1S/C10H23NOS/c1-4-10(9-13)8-11(5-2)6-7-12-3/h10,13H,4-9H2,1-3H3. The summed E-state index contributed by atoms with van der Waals surface area (Å²) in [6.45, 7) is 8.55. The minimum atomic E-state index is 0.722. The topological polar surface area (TPSA) is 12.5 Å². The van der Waals surface area contributed by atoms with Crippen LogP contribution in [-0.4, -0.2) is 44.0 Å². The van der Waals surface area contributed by atoms with Gasteiger partial charge in [-0.25, -0.2) is 0 Å². The van der Waals surface area contributed by atoms with Crippen molar-refractivity contribution in [3.8, 4) is 0 Å². The fourth-order valence-electron chi connectivity index (χ4n) is 1.28. The number of thiol groups is 1. The van der Waals surface area contributed by atoms with E-state index in [1.165, 1.54) is 6.42 Å². The van der Waals surface area contributed by atoms with Crippen LogP contribution in [0.15, 0.2) is 0 Å². The molecule has 0 aliphatic carbocycles. The number of rotatable bonds is 8. The molecule has 1 unspecified atom stereocenters. The van der Waals surface area contributed by atoms with E-state index in [9.17, 15) is 0 Å². The second-order valence-electron chi connectivity index (χ2n) is 3.34. The van der Waals surface area contributed by atoms with Crippen molar-refractivity contribution >= 4 is 12.6 Å². The SMILES string of the molecule is CCC(CS)CN(CC)CCOC. The van der Waals surface area contributed by atoms with Crippen LogP contribution in [0.5, 0.6) is 0 Å². The maximum absolute atomic E-state index is 5.06. The summed E-state index contributed by atoms with van der Waals surface area (Å²) < 4.78 is 5.06. The van der Waals surface area contributed by atoms with Crippen molar-refractivity contribution in [2.24, 2.45) is 5.92 Å². The van der Waals surface area contributed by atoms with Crippen LogP contribution in [-0.2, 0) is 4.74 Å². The third-order valence-electron chi connectivity index (χ3n) is 2.41. The first-order valence-electron chi connectivity index (χ1n) is 5.10. The average Bonchev–Trinajstić information content (AvgIpc) is 2.19. The monoisotopic (exact) mass is 205 g/mol. The first-order valence-corrected chi connectivity index (χ1v) is 5.73. The van der Waals surface area contributed by atoms with Gasteiger partial charge in [0.05, 0.1) is 6.61 Å². The van der Waals surface area contributed by atoms with Crippen molar-refractivity contribution in [1.82, 2.24) is 4.90 Å². The minimum absolute atomic E-state index is 0.722. The zero-order valence-corrected chi connectivity index (χ0v) is 10.0. The Morgan fingerprint density at radius 3 is 2.46 bits per heavy atom. The van der Waals surface area contributed by atoms with E-state index < -0.39 is 0 Å². The molecule has 0 aromatic heterocycles. The molecule has 13 heavy (non-hydrogen) atoms. The number of methoxy groups -OCH3 is 1. The van der Waals surface area contributed by atoms with E-state index in [2.05, 4.69) is 31.4 Å². The second-order valence-corrected chi connectivity index (χ2v) is 3.71. The number of hydrogen-bond acceptors (Lipinski definition) is 3. The highest BCUT2D eigenvalue weighted by molar-refractivity contribution is 7.80. The molecular formula is C10H23NOS.